The van der Waals surface area contributed by atoms with Crippen LogP contribution in [0.3, 0.4) is 0 Å². The standard InChI is InChI=1S/C27H28N4O4S2/c1-2-19-30-26(22-12-7-4-8-13-22)25(21-10-5-3-6-11-21)29-27(30)36-20-9-18-28-37(34,35)24-16-14-23(15-17-24)31(32)33/h3-8,10-17,28H,2,9,18-20H2,1H3. The minimum absolute atomic E-state index is 0.00393. The van der Waals surface area contributed by atoms with Gasteiger partial charge in [0.2, 0.25) is 10.0 Å². The van der Waals surface area contributed by atoms with Crippen LogP contribution in [0.15, 0.2) is 95.0 Å². The van der Waals surface area contributed by atoms with Crippen molar-refractivity contribution >= 4 is 27.5 Å². The van der Waals surface area contributed by atoms with Gasteiger partial charge in [0.1, 0.15) is 0 Å². The minimum atomic E-state index is -3.74. The van der Waals surface area contributed by atoms with Crippen LogP contribution in [-0.2, 0) is 16.6 Å². The Morgan fingerprint density at radius 2 is 1.57 bits per heavy atom. The number of thioether (sulfide) groups is 1. The summed E-state index contributed by atoms with van der Waals surface area (Å²) in [6.07, 6.45) is 1.55. The molecule has 0 saturated heterocycles. The molecule has 0 bridgehead atoms. The average Bonchev–Trinajstić information content (AvgIpc) is 3.27. The van der Waals surface area contributed by atoms with E-state index in [1.54, 1.807) is 11.8 Å². The number of hydrogen-bond donors (Lipinski definition) is 1. The Morgan fingerprint density at radius 1 is 0.946 bits per heavy atom. The first kappa shape index (κ1) is 26.6. The molecule has 0 unspecified atom stereocenters. The van der Waals surface area contributed by atoms with E-state index in [1.165, 1.54) is 24.3 Å². The van der Waals surface area contributed by atoms with Crippen LogP contribution in [-0.4, -0.2) is 35.2 Å². The molecule has 4 rings (SSSR count). The molecule has 37 heavy (non-hydrogen) atoms. The maximum Gasteiger partial charge on any atom is 0.269 e. The highest BCUT2D eigenvalue weighted by Gasteiger charge is 2.20. The zero-order valence-electron chi connectivity index (χ0n) is 20.4. The SMILES string of the molecule is CCCn1c(SCCCNS(=O)(=O)c2ccc([N+](=O)[O-])cc2)nc(-c2ccccc2)c1-c1ccccc1. The smallest absolute Gasteiger partial charge is 0.269 e. The summed E-state index contributed by atoms with van der Waals surface area (Å²) >= 11 is 1.60. The number of benzene rings is 3. The lowest BCUT2D eigenvalue weighted by molar-refractivity contribution is -0.384. The Hall–Kier alpha value is -3.47. The molecule has 1 N–H and O–H groups in total. The van der Waals surface area contributed by atoms with E-state index in [-0.39, 0.29) is 17.1 Å². The quantitative estimate of drug-likeness (QED) is 0.103. The molecule has 1 heterocycles. The monoisotopic (exact) mass is 536 g/mol. The van der Waals surface area contributed by atoms with Gasteiger partial charge >= 0.3 is 0 Å². The summed E-state index contributed by atoms with van der Waals surface area (Å²) in [5, 5.41) is 11.7. The Bertz CT molecular complexity index is 1440. The average molecular weight is 537 g/mol. The van der Waals surface area contributed by atoms with E-state index in [0.29, 0.717) is 12.2 Å². The van der Waals surface area contributed by atoms with Gasteiger partial charge in [-0.15, -0.1) is 0 Å². The molecule has 0 aliphatic rings. The fourth-order valence-corrected chi connectivity index (χ4v) is 5.97. The first-order valence-corrected chi connectivity index (χ1v) is 14.5. The Labute approximate surface area is 221 Å². The van der Waals surface area contributed by atoms with Crippen LogP contribution >= 0.6 is 11.8 Å². The molecule has 8 nitrogen and oxygen atoms in total. The van der Waals surface area contributed by atoms with Crippen molar-refractivity contribution in [1.82, 2.24) is 14.3 Å². The number of non-ortho nitro benzene ring substituents is 1. The van der Waals surface area contributed by atoms with Gasteiger partial charge in [0.05, 0.1) is 21.2 Å². The summed E-state index contributed by atoms with van der Waals surface area (Å²) in [4.78, 5) is 15.3. The molecule has 0 radical (unpaired) electrons. The van der Waals surface area contributed by atoms with E-state index in [1.807, 2.05) is 36.4 Å². The normalized spacial score (nSPS) is 11.5. The van der Waals surface area contributed by atoms with Gasteiger partial charge in [0, 0.05) is 42.1 Å². The van der Waals surface area contributed by atoms with Gasteiger partial charge in [-0.05, 0) is 25.0 Å². The zero-order chi connectivity index (χ0) is 26.3. The largest absolute Gasteiger partial charge is 0.318 e. The van der Waals surface area contributed by atoms with Gasteiger partial charge in [0.15, 0.2) is 5.16 Å². The summed E-state index contributed by atoms with van der Waals surface area (Å²) in [6.45, 7) is 3.20. The van der Waals surface area contributed by atoms with Gasteiger partial charge in [-0.2, -0.15) is 0 Å². The third-order valence-electron chi connectivity index (χ3n) is 5.68. The van der Waals surface area contributed by atoms with E-state index in [9.17, 15) is 18.5 Å². The number of nitrogens with one attached hydrogen (secondary N) is 1. The number of imidazole rings is 1. The summed E-state index contributed by atoms with van der Waals surface area (Å²) in [5.74, 6) is 0.673. The molecule has 0 spiro atoms. The summed E-state index contributed by atoms with van der Waals surface area (Å²) in [6, 6.07) is 25.2. The van der Waals surface area contributed by atoms with Gasteiger partial charge in [-0.1, -0.05) is 79.3 Å². The van der Waals surface area contributed by atoms with Crippen LogP contribution in [0.2, 0.25) is 0 Å². The van der Waals surface area contributed by atoms with Crippen LogP contribution in [0.1, 0.15) is 19.8 Å². The predicted octanol–water partition coefficient (Wildman–Crippen LogP) is 6.00. The van der Waals surface area contributed by atoms with Crippen molar-refractivity contribution in [3.63, 3.8) is 0 Å². The molecular weight excluding hydrogens is 508 g/mol. The van der Waals surface area contributed by atoms with Gasteiger partial charge in [0.25, 0.3) is 5.69 Å². The Balaban J connectivity index is 1.48. The molecule has 10 heteroatoms. The molecule has 0 aliphatic carbocycles. The van der Waals surface area contributed by atoms with Crippen LogP contribution in [0.25, 0.3) is 22.5 Å². The van der Waals surface area contributed by atoms with Gasteiger partial charge < -0.3 is 4.57 Å². The lowest BCUT2D eigenvalue weighted by Crippen LogP contribution is -2.25. The lowest BCUT2D eigenvalue weighted by Gasteiger charge is -2.12. The van der Waals surface area contributed by atoms with Gasteiger partial charge in [-0.25, -0.2) is 18.1 Å². The number of nitro benzene ring substituents is 1. The molecule has 0 saturated carbocycles. The molecule has 192 valence electrons. The van der Waals surface area contributed by atoms with Crippen molar-refractivity contribution in [2.24, 2.45) is 0 Å². The number of sulfonamides is 1. The second-order valence-electron chi connectivity index (χ2n) is 8.33. The number of nitrogens with zero attached hydrogens (tertiary/aromatic N) is 3. The molecule has 1 aromatic heterocycles. The van der Waals surface area contributed by atoms with Crippen molar-refractivity contribution in [1.29, 1.82) is 0 Å². The van der Waals surface area contributed by atoms with Crippen molar-refractivity contribution in [3.05, 3.63) is 95.0 Å². The number of hydrogen-bond acceptors (Lipinski definition) is 6. The molecule has 3 aromatic carbocycles. The van der Waals surface area contributed by atoms with Crippen molar-refractivity contribution in [2.75, 3.05) is 12.3 Å². The van der Waals surface area contributed by atoms with Crippen LogP contribution < -0.4 is 4.72 Å². The molecule has 0 aliphatic heterocycles. The third-order valence-corrected chi connectivity index (χ3v) is 8.22. The molecule has 4 aromatic rings. The summed E-state index contributed by atoms with van der Waals surface area (Å²) in [7, 11) is -3.74. The topological polar surface area (TPSA) is 107 Å². The maximum atomic E-state index is 12.5. The highest BCUT2D eigenvalue weighted by Crippen LogP contribution is 2.36. The van der Waals surface area contributed by atoms with E-state index < -0.39 is 14.9 Å². The van der Waals surface area contributed by atoms with E-state index in [4.69, 9.17) is 4.98 Å². The molecular formula is C27H28N4O4S2. The molecule has 0 fully saturated rings. The lowest BCUT2D eigenvalue weighted by atomic mass is 10.0. The van der Waals surface area contributed by atoms with E-state index in [0.717, 1.165) is 40.6 Å². The van der Waals surface area contributed by atoms with Crippen LogP contribution in [0.5, 0.6) is 0 Å². The predicted molar refractivity (Wildman–Crippen MR) is 147 cm³/mol. The van der Waals surface area contributed by atoms with Crippen LogP contribution in [0.4, 0.5) is 5.69 Å². The number of rotatable bonds is 12. The minimum Gasteiger partial charge on any atom is -0.318 e. The summed E-state index contributed by atoms with van der Waals surface area (Å²) in [5.41, 5.74) is 4.01. The highest BCUT2D eigenvalue weighted by molar-refractivity contribution is 7.99. The molecule has 0 atom stereocenters. The zero-order valence-corrected chi connectivity index (χ0v) is 22.0. The summed E-state index contributed by atoms with van der Waals surface area (Å²) < 4.78 is 29.9. The third kappa shape index (κ3) is 6.46. The van der Waals surface area contributed by atoms with Gasteiger partial charge in [-0.3, -0.25) is 10.1 Å². The first-order chi connectivity index (χ1) is 17.9. The Kier molecular flexibility index (Phi) is 8.75. The first-order valence-electron chi connectivity index (χ1n) is 12.0. The Morgan fingerprint density at radius 3 is 2.16 bits per heavy atom. The second-order valence-corrected chi connectivity index (χ2v) is 11.2. The highest BCUT2D eigenvalue weighted by atomic mass is 32.2. The van der Waals surface area contributed by atoms with E-state index in [2.05, 4.69) is 40.5 Å². The second kappa shape index (κ2) is 12.2. The van der Waals surface area contributed by atoms with Crippen molar-refractivity contribution < 1.29 is 13.3 Å². The molecule has 0 amide bonds. The van der Waals surface area contributed by atoms with Crippen molar-refractivity contribution in [3.8, 4) is 22.5 Å². The maximum absolute atomic E-state index is 12.5. The van der Waals surface area contributed by atoms with E-state index >= 15 is 0 Å². The van der Waals surface area contributed by atoms with Crippen molar-refractivity contribution in [2.45, 2.75) is 36.4 Å². The van der Waals surface area contributed by atoms with Crippen LogP contribution in [0, 0.1) is 10.1 Å². The fourth-order valence-electron chi connectivity index (χ4n) is 3.93. The number of aromatic nitrogens is 2. The number of nitro groups is 1. The fraction of sp³-hybridized carbons (Fsp3) is 0.222.